The van der Waals surface area contributed by atoms with Crippen LogP contribution in [0.25, 0.3) is 0 Å². The quantitative estimate of drug-likeness (QED) is 0.673. The van der Waals surface area contributed by atoms with Crippen LogP contribution in [0, 0.1) is 0 Å². The molecule has 0 heterocycles. The largest absolute Gasteiger partial charge is 0.493 e. The zero-order valence-electron chi connectivity index (χ0n) is 14.3. The first-order chi connectivity index (χ1) is 11.5. The van der Waals surface area contributed by atoms with Gasteiger partial charge in [0.15, 0.2) is 11.5 Å². The molecule has 134 valence electrons. The predicted molar refractivity (Wildman–Crippen MR) is 85.9 cm³/mol. The lowest BCUT2D eigenvalue weighted by atomic mass is 10.1. The summed E-state index contributed by atoms with van der Waals surface area (Å²) < 4.78 is 20.6. The smallest absolute Gasteiger partial charge is 0.323 e. The molecule has 1 aromatic carbocycles. The molecule has 0 fully saturated rings. The van der Waals surface area contributed by atoms with Crippen LogP contribution in [0.4, 0.5) is 0 Å². The van der Waals surface area contributed by atoms with Gasteiger partial charge < -0.3 is 29.0 Å². The molecule has 0 spiro atoms. The van der Waals surface area contributed by atoms with E-state index < -0.39 is 5.97 Å². The Balaban J connectivity index is 3.00. The van der Waals surface area contributed by atoms with Crippen LogP contribution in [-0.4, -0.2) is 70.0 Å². The summed E-state index contributed by atoms with van der Waals surface area (Å²) in [6, 6.07) is 3.32. The molecule has 1 N–H and O–H groups in total. The van der Waals surface area contributed by atoms with E-state index in [9.17, 15) is 9.59 Å². The van der Waals surface area contributed by atoms with Crippen molar-refractivity contribution in [3.63, 3.8) is 0 Å². The lowest BCUT2D eigenvalue weighted by Crippen LogP contribution is -2.38. The van der Waals surface area contributed by atoms with E-state index >= 15 is 0 Å². The SMILES string of the molecule is COCCN(CC(=O)O)C(=O)Cc1cc(OC)c(OC)c(OC)c1. The lowest BCUT2D eigenvalue weighted by Gasteiger charge is -2.21. The van der Waals surface area contributed by atoms with Crippen molar-refractivity contribution in [2.75, 3.05) is 48.1 Å². The van der Waals surface area contributed by atoms with Crippen molar-refractivity contribution in [1.29, 1.82) is 0 Å². The minimum Gasteiger partial charge on any atom is -0.493 e. The molecule has 1 amide bonds. The highest BCUT2D eigenvalue weighted by Gasteiger charge is 2.19. The van der Waals surface area contributed by atoms with Gasteiger partial charge in [-0.15, -0.1) is 0 Å². The Morgan fingerprint density at radius 1 is 1.04 bits per heavy atom. The number of nitrogens with zero attached hydrogens (tertiary/aromatic N) is 1. The Kier molecular flexibility index (Phi) is 7.84. The molecule has 8 heteroatoms. The van der Waals surface area contributed by atoms with Gasteiger partial charge in [-0.2, -0.15) is 0 Å². The molecule has 0 saturated carbocycles. The zero-order valence-corrected chi connectivity index (χ0v) is 14.3. The number of carboxylic acid groups (broad SMARTS) is 1. The van der Waals surface area contributed by atoms with Crippen LogP contribution in [0.3, 0.4) is 0 Å². The summed E-state index contributed by atoms with van der Waals surface area (Å²) >= 11 is 0. The number of carbonyl (C=O) groups excluding carboxylic acids is 1. The number of hydrogen-bond acceptors (Lipinski definition) is 6. The van der Waals surface area contributed by atoms with Crippen LogP contribution in [0.1, 0.15) is 5.56 Å². The second kappa shape index (κ2) is 9.61. The van der Waals surface area contributed by atoms with E-state index in [1.165, 1.54) is 33.3 Å². The third-order valence-electron chi connectivity index (χ3n) is 3.32. The Hall–Kier alpha value is -2.48. The molecule has 8 nitrogen and oxygen atoms in total. The molecule has 1 rings (SSSR count). The number of amides is 1. The predicted octanol–water partition coefficient (Wildman–Crippen LogP) is 0.815. The second-order valence-electron chi connectivity index (χ2n) is 4.91. The van der Waals surface area contributed by atoms with Crippen LogP contribution in [-0.2, 0) is 20.7 Å². The van der Waals surface area contributed by atoms with Crippen LogP contribution in [0.5, 0.6) is 17.2 Å². The molecule has 24 heavy (non-hydrogen) atoms. The van der Waals surface area contributed by atoms with Gasteiger partial charge in [0, 0.05) is 13.7 Å². The lowest BCUT2D eigenvalue weighted by molar-refractivity contribution is -0.144. The van der Waals surface area contributed by atoms with E-state index in [1.807, 2.05) is 0 Å². The highest BCUT2D eigenvalue weighted by molar-refractivity contribution is 5.83. The number of carbonyl (C=O) groups is 2. The third kappa shape index (κ3) is 5.31. The van der Waals surface area contributed by atoms with Crippen molar-refractivity contribution in [2.24, 2.45) is 0 Å². The van der Waals surface area contributed by atoms with E-state index in [0.717, 1.165) is 0 Å². The van der Waals surface area contributed by atoms with Gasteiger partial charge in [0.1, 0.15) is 6.54 Å². The van der Waals surface area contributed by atoms with Crippen molar-refractivity contribution in [1.82, 2.24) is 4.90 Å². The van der Waals surface area contributed by atoms with Crippen molar-refractivity contribution in [2.45, 2.75) is 6.42 Å². The minimum absolute atomic E-state index is 0.00765. The fourth-order valence-electron chi connectivity index (χ4n) is 2.18. The number of methoxy groups -OCH3 is 4. The van der Waals surface area contributed by atoms with Gasteiger partial charge in [0.05, 0.1) is 34.4 Å². The Morgan fingerprint density at radius 2 is 1.62 bits per heavy atom. The summed E-state index contributed by atoms with van der Waals surface area (Å²) in [6.45, 7) is 0.0763. The third-order valence-corrected chi connectivity index (χ3v) is 3.32. The summed E-state index contributed by atoms with van der Waals surface area (Å²) in [5, 5.41) is 8.94. The molecule has 0 aliphatic rings. The van der Waals surface area contributed by atoms with Crippen LogP contribution < -0.4 is 14.2 Å². The molecule has 0 saturated heterocycles. The number of hydrogen-bond donors (Lipinski definition) is 1. The average Bonchev–Trinajstić information content (AvgIpc) is 2.57. The van der Waals surface area contributed by atoms with Crippen LogP contribution >= 0.6 is 0 Å². The van der Waals surface area contributed by atoms with Gasteiger partial charge in [-0.3, -0.25) is 9.59 Å². The Morgan fingerprint density at radius 3 is 2.04 bits per heavy atom. The molecule has 0 aromatic heterocycles. The number of ether oxygens (including phenoxy) is 4. The van der Waals surface area contributed by atoms with Crippen LogP contribution in [0.2, 0.25) is 0 Å². The van der Waals surface area contributed by atoms with Crippen molar-refractivity contribution < 1.29 is 33.6 Å². The highest BCUT2D eigenvalue weighted by Crippen LogP contribution is 2.38. The molecule has 0 bridgehead atoms. The summed E-state index contributed by atoms with van der Waals surface area (Å²) in [4.78, 5) is 24.6. The van der Waals surface area contributed by atoms with Gasteiger partial charge in [-0.05, 0) is 17.7 Å². The molecular formula is C16H23NO7. The van der Waals surface area contributed by atoms with E-state index in [-0.39, 0.29) is 32.0 Å². The fourth-order valence-corrected chi connectivity index (χ4v) is 2.18. The van der Waals surface area contributed by atoms with Gasteiger partial charge >= 0.3 is 5.97 Å². The van der Waals surface area contributed by atoms with Crippen LogP contribution in [0.15, 0.2) is 12.1 Å². The van der Waals surface area contributed by atoms with E-state index in [4.69, 9.17) is 24.1 Å². The molecule has 0 unspecified atom stereocenters. The number of rotatable bonds is 10. The summed E-state index contributed by atoms with van der Waals surface area (Å²) in [6.07, 6.45) is 0.00765. The van der Waals surface area contributed by atoms with Gasteiger partial charge in [-0.1, -0.05) is 0 Å². The summed E-state index contributed by atoms with van der Waals surface area (Å²) in [7, 11) is 5.95. The maximum absolute atomic E-state index is 12.4. The molecule has 0 aliphatic carbocycles. The van der Waals surface area contributed by atoms with Crippen molar-refractivity contribution >= 4 is 11.9 Å². The van der Waals surface area contributed by atoms with Gasteiger partial charge in [0.2, 0.25) is 11.7 Å². The topological polar surface area (TPSA) is 94.5 Å². The summed E-state index contributed by atoms with van der Waals surface area (Å²) in [5.74, 6) is -0.117. The normalized spacial score (nSPS) is 10.2. The highest BCUT2D eigenvalue weighted by atomic mass is 16.5. The van der Waals surface area contributed by atoms with Gasteiger partial charge in [0.25, 0.3) is 0 Å². The van der Waals surface area contributed by atoms with E-state index in [2.05, 4.69) is 0 Å². The minimum atomic E-state index is -1.08. The van der Waals surface area contributed by atoms with E-state index in [1.54, 1.807) is 12.1 Å². The maximum atomic E-state index is 12.4. The van der Waals surface area contributed by atoms with Crippen molar-refractivity contribution in [3.05, 3.63) is 17.7 Å². The first kappa shape index (κ1) is 19.6. The second-order valence-corrected chi connectivity index (χ2v) is 4.91. The van der Waals surface area contributed by atoms with Gasteiger partial charge in [-0.25, -0.2) is 0 Å². The molecular weight excluding hydrogens is 318 g/mol. The molecule has 0 aliphatic heterocycles. The monoisotopic (exact) mass is 341 g/mol. The first-order valence-electron chi connectivity index (χ1n) is 7.24. The van der Waals surface area contributed by atoms with E-state index in [0.29, 0.717) is 22.8 Å². The average molecular weight is 341 g/mol. The maximum Gasteiger partial charge on any atom is 0.323 e. The number of aliphatic carboxylic acids is 1. The molecule has 0 radical (unpaired) electrons. The number of benzene rings is 1. The molecule has 0 atom stereocenters. The number of carboxylic acids is 1. The Bertz CT molecular complexity index is 549. The van der Waals surface area contributed by atoms with Crippen molar-refractivity contribution in [3.8, 4) is 17.2 Å². The fraction of sp³-hybridized carbons (Fsp3) is 0.500. The standard InChI is InChI=1S/C16H23NO7/c1-21-6-5-17(10-15(19)20)14(18)9-11-7-12(22-2)16(24-4)13(8-11)23-3/h7-8H,5-6,9-10H2,1-4H3,(H,19,20). The zero-order chi connectivity index (χ0) is 18.1. The summed E-state index contributed by atoms with van der Waals surface area (Å²) in [5.41, 5.74) is 0.627. The Labute approximate surface area is 140 Å². The first-order valence-corrected chi connectivity index (χ1v) is 7.24. The molecule has 1 aromatic rings.